The lowest BCUT2D eigenvalue weighted by Crippen LogP contribution is -2.50. The highest BCUT2D eigenvalue weighted by molar-refractivity contribution is 7.18. The first-order chi connectivity index (χ1) is 16.7. The van der Waals surface area contributed by atoms with Crippen LogP contribution in [0.3, 0.4) is 0 Å². The van der Waals surface area contributed by atoms with Gasteiger partial charge in [0.2, 0.25) is 0 Å². The monoisotopic (exact) mass is 518 g/mol. The van der Waals surface area contributed by atoms with Crippen LogP contribution in [0.5, 0.6) is 0 Å². The summed E-state index contributed by atoms with van der Waals surface area (Å²) < 4.78 is 5.36. The maximum Gasteiger partial charge on any atom is 0.409 e. The minimum Gasteiger partial charge on any atom is -0.453 e. The summed E-state index contributed by atoms with van der Waals surface area (Å²) in [5.41, 5.74) is 2.04. The minimum atomic E-state index is -0.503. The number of thiophene rings is 1. The molecule has 0 radical (unpaired) electrons. The van der Waals surface area contributed by atoms with Crippen molar-refractivity contribution in [3.63, 3.8) is 0 Å². The first-order valence-electron chi connectivity index (χ1n) is 11.7. The molecule has 10 heteroatoms. The van der Waals surface area contributed by atoms with Crippen LogP contribution in [-0.2, 0) is 10.2 Å². The average molecular weight is 519 g/mol. The number of ether oxygens (including phenoxy) is 1. The van der Waals surface area contributed by atoms with E-state index in [2.05, 4.69) is 29.6 Å². The molecule has 2 fully saturated rings. The van der Waals surface area contributed by atoms with Crippen molar-refractivity contribution >= 4 is 40.8 Å². The van der Waals surface area contributed by atoms with Crippen LogP contribution in [0.2, 0.25) is 4.34 Å². The van der Waals surface area contributed by atoms with Crippen molar-refractivity contribution in [1.82, 2.24) is 20.4 Å². The van der Waals surface area contributed by atoms with E-state index >= 15 is 0 Å². The van der Waals surface area contributed by atoms with Crippen LogP contribution in [0.15, 0.2) is 36.4 Å². The van der Waals surface area contributed by atoms with Gasteiger partial charge in [0.1, 0.15) is 0 Å². The minimum absolute atomic E-state index is 0.228. The van der Waals surface area contributed by atoms with Gasteiger partial charge in [0.15, 0.2) is 0 Å². The molecule has 1 aromatic carbocycles. The van der Waals surface area contributed by atoms with E-state index < -0.39 is 18.2 Å². The number of methoxy groups -OCH3 is 1. The van der Waals surface area contributed by atoms with Crippen LogP contribution < -0.4 is 10.6 Å². The molecule has 188 valence electrons. The van der Waals surface area contributed by atoms with E-state index in [0.29, 0.717) is 14.8 Å². The van der Waals surface area contributed by atoms with Gasteiger partial charge in [-0.25, -0.2) is 4.79 Å². The van der Waals surface area contributed by atoms with Gasteiger partial charge in [-0.15, -0.1) is 11.3 Å². The molecule has 2 atom stereocenters. The predicted molar refractivity (Wildman–Crippen MR) is 136 cm³/mol. The summed E-state index contributed by atoms with van der Waals surface area (Å²) in [4.78, 5) is 42.0. The van der Waals surface area contributed by atoms with Crippen molar-refractivity contribution in [2.75, 3.05) is 40.8 Å². The van der Waals surface area contributed by atoms with Gasteiger partial charge in [-0.1, -0.05) is 23.7 Å². The number of amides is 3. The SMILES string of the molecule is COC(=O)N1CC(NC(=O)c2ccc(C3(CCN(C)C)CC3)cc2)C(NC(=O)c2ccc(Cl)s2)C1. The second-order valence-corrected chi connectivity index (χ2v) is 11.3. The Morgan fingerprint density at radius 2 is 1.69 bits per heavy atom. The second kappa shape index (κ2) is 10.6. The maximum atomic E-state index is 13.1. The van der Waals surface area contributed by atoms with Gasteiger partial charge in [0.25, 0.3) is 11.8 Å². The normalized spacial score (nSPS) is 20.5. The third-order valence-electron chi connectivity index (χ3n) is 6.83. The molecule has 1 aromatic heterocycles. The van der Waals surface area contributed by atoms with Crippen molar-refractivity contribution in [3.8, 4) is 0 Å². The number of hydrogen-bond donors (Lipinski definition) is 2. The molecule has 2 aliphatic rings. The van der Waals surface area contributed by atoms with Gasteiger partial charge in [-0.3, -0.25) is 9.59 Å². The molecular formula is C25H31ClN4O4S. The second-order valence-electron chi connectivity index (χ2n) is 9.55. The van der Waals surface area contributed by atoms with Crippen molar-refractivity contribution < 1.29 is 19.1 Å². The molecule has 2 unspecified atom stereocenters. The Morgan fingerprint density at radius 3 is 2.20 bits per heavy atom. The fraction of sp³-hybridized carbons (Fsp3) is 0.480. The highest BCUT2D eigenvalue weighted by Gasteiger charge is 2.43. The highest BCUT2D eigenvalue weighted by Crippen LogP contribution is 2.51. The summed E-state index contributed by atoms with van der Waals surface area (Å²) in [6.45, 7) is 1.50. The Hall–Kier alpha value is -2.62. The first-order valence-corrected chi connectivity index (χ1v) is 12.9. The van der Waals surface area contributed by atoms with Gasteiger partial charge in [0, 0.05) is 18.7 Å². The zero-order valence-electron chi connectivity index (χ0n) is 20.2. The lowest BCUT2D eigenvalue weighted by Gasteiger charge is -2.21. The summed E-state index contributed by atoms with van der Waals surface area (Å²) in [6, 6.07) is 10.2. The maximum absolute atomic E-state index is 13.1. The molecule has 0 spiro atoms. The lowest BCUT2D eigenvalue weighted by molar-refractivity contribution is 0.0898. The Kier molecular flexibility index (Phi) is 7.68. The van der Waals surface area contributed by atoms with E-state index in [4.69, 9.17) is 16.3 Å². The van der Waals surface area contributed by atoms with Crippen molar-refractivity contribution in [3.05, 3.63) is 56.7 Å². The Morgan fingerprint density at radius 1 is 1.06 bits per heavy atom. The molecule has 8 nitrogen and oxygen atoms in total. The number of hydrogen-bond acceptors (Lipinski definition) is 6. The number of carbonyl (C=O) groups is 3. The fourth-order valence-electron chi connectivity index (χ4n) is 4.55. The zero-order chi connectivity index (χ0) is 25.2. The first kappa shape index (κ1) is 25.5. The standard InChI is InChI=1S/C25H31ClN4O4S/c1-29(2)13-12-25(10-11-25)17-6-4-16(5-7-17)22(31)27-18-14-30(24(33)34-3)15-19(18)28-23(32)20-8-9-21(26)35-20/h4-9,18-19H,10-15H2,1-3H3,(H,27,31)(H,28,32). The summed E-state index contributed by atoms with van der Waals surface area (Å²) in [5.74, 6) is -0.542. The topological polar surface area (TPSA) is 91.0 Å². The van der Waals surface area contributed by atoms with E-state index in [-0.39, 0.29) is 30.3 Å². The van der Waals surface area contributed by atoms with E-state index in [1.54, 1.807) is 12.1 Å². The summed E-state index contributed by atoms with van der Waals surface area (Å²) >= 11 is 7.13. The third kappa shape index (κ3) is 5.97. The number of likely N-dealkylation sites (tertiary alicyclic amines) is 1. The fourth-order valence-corrected chi connectivity index (χ4v) is 5.49. The average Bonchev–Trinajstić information content (AvgIpc) is 3.36. The summed E-state index contributed by atoms with van der Waals surface area (Å²) in [7, 11) is 5.47. The molecule has 1 aliphatic carbocycles. The molecule has 4 rings (SSSR count). The molecule has 35 heavy (non-hydrogen) atoms. The molecular weight excluding hydrogens is 488 g/mol. The van der Waals surface area contributed by atoms with Gasteiger partial charge < -0.3 is 25.2 Å². The molecule has 2 N–H and O–H groups in total. The highest BCUT2D eigenvalue weighted by atomic mass is 35.5. The van der Waals surface area contributed by atoms with Crippen LogP contribution in [0.4, 0.5) is 4.79 Å². The van der Waals surface area contributed by atoms with Crippen LogP contribution in [-0.4, -0.2) is 80.6 Å². The zero-order valence-corrected chi connectivity index (χ0v) is 21.7. The molecule has 1 saturated carbocycles. The Bertz CT molecular complexity index is 1080. The number of carbonyl (C=O) groups excluding carboxylic acids is 3. The van der Waals surface area contributed by atoms with Gasteiger partial charge in [0.05, 0.1) is 28.4 Å². The van der Waals surface area contributed by atoms with Gasteiger partial charge in [-0.05, 0) is 75.1 Å². The van der Waals surface area contributed by atoms with Crippen molar-refractivity contribution in [2.24, 2.45) is 0 Å². The number of rotatable bonds is 8. The van der Waals surface area contributed by atoms with Gasteiger partial charge in [-0.2, -0.15) is 0 Å². The largest absolute Gasteiger partial charge is 0.453 e. The van der Waals surface area contributed by atoms with E-state index in [1.165, 1.54) is 41.8 Å². The van der Waals surface area contributed by atoms with Crippen molar-refractivity contribution in [2.45, 2.75) is 36.8 Å². The molecule has 3 amide bonds. The number of nitrogens with zero attached hydrogens (tertiary/aromatic N) is 2. The third-order valence-corrected chi connectivity index (χ3v) is 8.06. The van der Waals surface area contributed by atoms with Gasteiger partial charge >= 0.3 is 6.09 Å². The van der Waals surface area contributed by atoms with Crippen molar-refractivity contribution in [1.29, 1.82) is 0 Å². The quantitative estimate of drug-likeness (QED) is 0.559. The predicted octanol–water partition coefficient (Wildman–Crippen LogP) is 3.36. The van der Waals surface area contributed by atoms with Crippen LogP contribution in [0, 0.1) is 0 Å². The van der Waals surface area contributed by atoms with Crippen LogP contribution in [0.25, 0.3) is 0 Å². The van der Waals surface area contributed by atoms with E-state index in [9.17, 15) is 14.4 Å². The molecule has 1 saturated heterocycles. The van der Waals surface area contributed by atoms with E-state index in [0.717, 1.165) is 13.0 Å². The summed E-state index contributed by atoms with van der Waals surface area (Å²) in [6.07, 6.45) is 2.95. The Balaban J connectivity index is 1.42. The van der Waals surface area contributed by atoms with Crippen LogP contribution >= 0.6 is 22.9 Å². The molecule has 2 aromatic rings. The summed E-state index contributed by atoms with van der Waals surface area (Å²) in [5, 5.41) is 5.93. The molecule has 2 heterocycles. The van der Waals surface area contributed by atoms with Crippen LogP contribution in [0.1, 0.15) is 44.9 Å². The Labute approximate surface area is 214 Å². The number of halogens is 1. The number of nitrogens with one attached hydrogen (secondary N) is 2. The lowest BCUT2D eigenvalue weighted by atomic mass is 9.91. The molecule has 0 bridgehead atoms. The number of benzene rings is 1. The van der Waals surface area contributed by atoms with E-state index in [1.807, 2.05) is 24.3 Å². The smallest absolute Gasteiger partial charge is 0.409 e. The molecule has 1 aliphatic heterocycles.